The zero-order chi connectivity index (χ0) is 15.4. The molecule has 1 saturated heterocycles. The molecule has 1 aliphatic heterocycles. The predicted molar refractivity (Wildman–Crippen MR) is 84.8 cm³/mol. The fourth-order valence-electron chi connectivity index (χ4n) is 2.73. The minimum Gasteiger partial charge on any atom is -0.351 e. The lowest BCUT2D eigenvalue weighted by Crippen LogP contribution is -2.20. The Bertz CT molecular complexity index is 645. The highest BCUT2D eigenvalue weighted by Crippen LogP contribution is 2.20. The first-order chi connectivity index (χ1) is 10.8. The fourth-order valence-corrected chi connectivity index (χ4v) is 2.73. The van der Waals surface area contributed by atoms with Gasteiger partial charge in [0, 0.05) is 18.3 Å². The van der Waals surface area contributed by atoms with Crippen LogP contribution in [0.25, 0.3) is 0 Å². The summed E-state index contributed by atoms with van der Waals surface area (Å²) in [5.74, 6) is 0.00824. The third-order valence-corrected chi connectivity index (χ3v) is 4.00. The third-order valence-electron chi connectivity index (χ3n) is 4.00. The van der Waals surface area contributed by atoms with Crippen molar-refractivity contribution in [3.05, 3.63) is 47.3 Å². The van der Waals surface area contributed by atoms with E-state index in [1.54, 1.807) is 6.07 Å². The highest BCUT2D eigenvalue weighted by atomic mass is 16.5. The number of anilines is 1. The monoisotopic (exact) mass is 299 g/mol. The summed E-state index contributed by atoms with van der Waals surface area (Å²) in [6, 6.07) is 9.62. The molecule has 2 heterocycles. The van der Waals surface area contributed by atoms with Crippen LogP contribution in [0.1, 0.15) is 41.6 Å². The zero-order valence-corrected chi connectivity index (χ0v) is 12.8. The number of carbonyl (C=O) groups excluding carboxylic acids is 1. The number of likely N-dealkylation sites (tertiary alicyclic amines) is 1. The molecule has 0 saturated carbocycles. The van der Waals surface area contributed by atoms with Gasteiger partial charge in [-0.15, -0.1) is 0 Å². The van der Waals surface area contributed by atoms with E-state index >= 15 is 0 Å². The summed E-state index contributed by atoms with van der Waals surface area (Å²) in [4.78, 5) is 14.7. The summed E-state index contributed by atoms with van der Waals surface area (Å²) in [6.45, 7) is 5.10. The largest absolute Gasteiger partial charge is 0.351 e. The molecule has 0 atom stereocenters. The van der Waals surface area contributed by atoms with Gasteiger partial charge in [-0.05, 0) is 44.0 Å². The molecule has 1 N–H and O–H groups in total. The summed E-state index contributed by atoms with van der Waals surface area (Å²) in [5, 5.41) is 6.80. The highest BCUT2D eigenvalue weighted by molar-refractivity contribution is 6.02. The summed E-state index contributed by atoms with van der Waals surface area (Å²) in [5.41, 5.74) is 2.76. The van der Waals surface area contributed by atoms with E-state index in [9.17, 15) is 4.79 Å². The number of nitrogens with one attached hydrogen (secondary N) is 1. The van der Waals surface area contributed by atoms with Crippen LogP contribution in [0.15, 0.2) is 34.9 Å². The first kappa shape index (κ1) is 14.8. The number of rotatable bonds is 5. The van der Waals surface area contributed by atoms with Crippen molar-refractivity contribution in [1.82, 2.24) is 10.1 Å². The second kappa shape index (κ2) is 6.75. The predicted octanol–water partition coefficient (Wildman–Crippen LogP) is 3.09. The molecule has 1 aromatic heterocycles. The fraction of sp³-hybridized carbons (Fsp3) is 0.412. The van der Waals surface area contributed by atoms with Gasteiger partial charge in [0.25, 0.3) is 5.91 Å². The second-order valence-corrected chi connectivity index (χ2v) is 5.63. The molecule has 0 spiro atoms. The van der Waals surface area contributed by atoms with Gasteiger partial charge in [0.05, 0.1) is 5.69 Å². The molecular formula is C17H21N3O2. The number of benzene rings is 1. The molecule has 1 fully saturated rings. The highest BCUT2D eigenvalue weighted by Gasteiger charge is 2.17. The summed E-state index contributed by atoms with van der Waals surface area (Å²) >= 11 is 0. The van der Waals surface area contributed by atoms with Crippen LogP contribution in [0.4, 0.5) is 5.69 Å². The van der Waals surface area contributed by atoms with Crippen molar-refractivity contribution in [2.75, 3.05) is 18.4 Å². The number of hydrogen-bond acceptors (Lipinski definition) is 4. The van der Waals surface area contributed by atoms with Crippen LogP contribution in [0.2, 0.25) is 0 Å². The molecule has 0 aliphatic carbocycles. The van der Waals surface area contributed by atoms with E-state index in [0.717, 1.165) is 43.0 Å². The normalized spacial score (nSPS) is 15.1. The van der Waals surface area contributed by atoms with Crippen molar-refractivity contribution in [2.45, 2.75) is 32.7 Å². The van der Waals surface area contributed by atoms with Crippen molar-refractivity contribution in [1.29, 1.82) is 0 Å². The molecule has 1 aliphatic rings. The van der Waals surface area contributed by atoms with Crippen LogP contribution in [-0.4, -0.2) is 29.1 Å². The zero-order valence-electron chi connectivity index (χ0n) is 12.8. The number of aryl methyl sites for hydroxylation is 1. The lowest BCUT2D eigenvalue weighted by molar-refractivity contribution is 0.0987. The molecule has 116 valence electrons. The van der Waals surface area contributed by atoms with Crippen LogP contribution >= 0.6 is 0 Å². The van der Waals surface area contributed by atoms with Crippen LogP contribution in [0.5, 0.6) is 0 Å². The summed E-state index contributed by atoms with van der Waals surface area (Å²) in [6.07, 6.45) is 3.26. The van der Waals surface area contributed by atoms with Crippen LogP contribution in [0, 0.1) is 0 Å². The Kier molecular flexibility index (Phi) is 4.53. The number of aromatic nitrogens is 1. The maximum absolute atomic E-state index is 12.3. The molecule has 5 nitrogen and oxygen atoms in total. The number of nitrogens with zero attached hydrogens (tertiary/aromatic N) is 2. The molecule has 1 aromatic carbocycles. The van der Waals surface area contributed by atoms with Crippen LogP contribution in [0.3, 0.4) is 0 Å². The average molecular weight is 299 g/mol. The molecule has 2 aromatic rings. The molecule has 0 radical (unpaired) electrons. The Morgan fingerprint density at radius 3 is 2.82 bits per heavy atom. The maximum Gasteiger partial charge on any atom is 0.294 e. The second-order valence-electron chi connectivity index (χ2n) is 5.63. The van der Waals surface area contributed by atoms with Gasteiger partial charge in [0.2, 0.25) is 5.76 Å². The Labute approximate surface area is 130 Å². The number of carbonyl (C=O) groups is 1. The minimum absolute atomic E-state index is 0.249. The number of amides is 1. The number of hydrogen-bond donors (Lipinski definition) is 1. The van der Waals surface area contributed by atoms with Crippen molar-refractivity contribution >= 4 is 11.6 Å². The lowest BCUT2D eigenvalue weighted by atomic mass is 10.1. The number of para-hydroxylation sites is 1. The molecule has 1 amide bonds. The van der Waals surface area contributed by atoms with Gasteiger partial charge in [-0.1, -0.05) is 30.3 Å². The Hall–Kier alpha value is -2.14. The van der Waals surface area contributed by atoms with E-state index in [0.29, 0.717) is 0 Å². The first-order valence-electron chi connectivity index (χ1n) is 7.83. The van der Waals surface area contributed by atoms with Crippen molar-refractivity contribution in [3.63, 3.8) is 0 Å². The molecule has 0 unspecified atom stereocenters. The summed E-state index contributed by atoms with van der Waals surface area (Å²) < 4.78 is 5.09. The standard InChI is InChI=1S/C17H21N3O2/c1-2-14-11-16(22-19-14)17(21)18-15-8-4-3-7-13(15)12-20-9-5-6-10-20/h3-4,7-8,11H,2,5-6,9-10,12H2,1H3,(H,18,21). The first-order valence-corrected chi connectivity index (χ1v) is 7.83. The van der Waals surface area contributed by atoms with Crippen molar-refractivity contribution in [2.24, 2.45) is 0 Å². The Morgan fingerprint density at radius 1 is 1.32 bits per heavy atom. The summed E-state index contributed by atoms with van der Waals surface area (Å²) in [7, 11) is 0. The third kappa shape index (κ3) is 3.36. The maximum atomic E-state index is 12.3. The Balaban J connectivity index is 1.72. The van der Waals surface area contributed by atoms with E-state index in [1.165, 1.54) is 12.8 Å². The van der Waals surface area contributed by atoms with E-state index in [-0.39, 0.29) is 11.7 Å². The van der Waals surface area contributed by atoms with Gasteiger partial charge >= 0.3 is 0 Å². The minimum atomic E-state index is -0.249. The molecule has 5 heteroatoms. The molecule has 22 heavy (non-hydrogen) atoms. The van der Waals surface area contributed by atoms with Gasteiger partial charge in [-0.2, -0.15) is 0 Å². The van der Waals surface area contributed by atoms with Crippen molar-refractivity contribution < 1.29 is 9.32 Å². The van der Waals surface area contributed by atoms with E-state index in [4.69, 9.17) is 4.52 Å². The van der Waals surface area contributed by atoms with Gasteiger partial charge in [-0.25, -0.2) is 0 Å². The topological polar surface area (TPSA) is 58.4 Å². The quantitative estimate of drug-likeness (QED) is 0.921. The smallest absolute Gasteiger partial charge is 0.294 e. The molecule has 0 bridgehead atoms. The van der Waals surface area contributed by atoms with E-state index in [2.05, 4.69) is 21.4 Å². The van der Waals surface area contributed by atoms with Crippen LogP contribution < -0.4 is 5.32 Å². The van der Waals surface area contributed by atoms with Crippen LogP contribution in [-0.2, 0) is 13.0 Å². The van der Waals surface area contributed by atoms with E-state index in [1.807, 2.05) is 25.1 Å². The van der Waals surface area contributed by atoms with Gasteiger partial charge in [0.1, 0.15) is 0 Å². The SMILES string of the molecule is CCc1cc(C(=O)Nc2ccccc2CN2CCCC2)on1. The lowest BCUT2D eigenvalue weighted by Gasteiger charge is -2.17. The van der Waals surface area contributed by atoms with Gasteiger partial charge in [-0.3, -0.25) is 9.69 Å². The average Bonchev–Trinajstić information content (AvgIpc) is 3.20. The van der Waals surface area contributed by atoms with Gasteiger partial charge in [0.15, 0.2) is 0 Å². The Morgan fingerprint density at radius 2 is 2.09 bits per heavy atom. The molecular weight excluding hydrogens is 278 g/mol. The van der Waals surface area contributed by atoms with Crippen molar-refractivity contribution in [3.8, 4) is 0 Å². The molecule has 3 rings (SSSR count). The van der Waals surface area contributed by atoms with E-state index < -0.39 is 0 Å². The van der Waals surface area contributed by atoms with Gasteiger partial charge < -0.3 is 9.84 Å².